The Kier molecular flexibility index (Phi) is 4.90. The molecule has 0 aromatic heterocycles. The maximum Gasteiger partial charge on any atom is 0.426 e. The molecule has 2 unspecified atom stereocenters. The molecule has 1 saturated carbocycles. The van der Waals surface area contributed by atoms with Gasteiger partial charge in [0.1, 0.15) is 5.03 Å². The lowest BCUT2D eigenvalue weighted by Gasteiger charge is -2.19. The van der Waals surface area contributed by atoms with Crippen molar-refractivity contribution in [3.8, 4) is 0 Å². The van der Waals surface area contributed by atoms with E-state index in [0.717, 1.165) is 18.2 Å². The molecular weight excluding hydrogens is 386 g/mol. The molecule has 1 fully saturated rings. The number of carbonyl (C=O) groups is 1. The molecule has 1 aromatic carbocycles. The molecule has 0 spiro atoms. The molecule has 1 N–H and O–H groups in total. The first-order valence-electron chi connectivity index (χ1n) is 7.48. The number of hydrogen-bond donors (Lipinski definition) is 1. The van der Waals surface area contributed by atoms with Gasteiger partial charge in [0.15, 0.2) is 0 Å². The Bertz CT molecular complexity index is 750. The number of benzene rings is 1. The lowest BCUT2D eigenvalue weighted by molar-refractivity contribution is -0.146. The Morgan fingerprint density at radius 1 is 1.19 bits per heavy atom. The van der Waals surface area contributed by atoms with Crippen LogP contribution in [0.25, 0.3) is 0 Å². The van der Waals surface area contributed by atoms with Crippen LogP contribution in [0.5, 0.6) is 0 Å². The molecule has 9 heteroatoms. The van der Waals surface area contributed by atoms with Crippen LogP contribution in [0, 0.1) is 16.7 Å². The standard InChI is InChI=1S/C17H15ClF6O2/c1-14(2)11(7-12(18)17(22,23)24)15(14,13(25)26)8-9-5-3-4-6-10(9)16(19,20)21/h3-7,11H,8H2,1-2H3,(H,25,26). The molecule has 0 aliphatic heterocycles. The Morgan fingerprint density at radius 2 is 1.73 bits per heavy atom. The number of hydrogen-bond acceptors (Lipinski definition) is 1. The molecule has 2 rings (SSSR count). The van der Waals surface area contributed by atoms with Crippen molar-refractivity contribution in [1.29, 1.82) is 0 Å². The molecule has 0 amide bonds. The summed E-state index contributed by atoms with van der Waals surface area (Å²) in [6, 6.07) is 4.43. The van der Waals surface area contributed by atoms with Gasteiger partial charge in [0.05, 0.1) is 11.0 Å². The first-order valence-corrected chi connectivity index (χ1v) is 7.86. The van der Waals surface area contributed by atoms with Crippen molar-refractivity contribution in [3.63, 3.8) is 0 Å². The van der Waals surface area contributed by atoms with Gasteiger partial charge in [-0.25, -0.2) is 0 Å². The summed E-state index contributed by atoms with van der Waals surface area (Å²) in [5.41, 5.74) is -4.31. The molecule has 0 heterocycles. The van der Waals surface area contributed by atoms with Gasteiger partial charge in [0, 0.05) is 5.92 Å². The highest BCUT2D eigenvalue weighted by molar-refractivity contribution is 6.30. The molecule has 0 saturated heterocycles. The number of carboxylic acid groups (broad SMARTS) is 1. The summed E-state index contributed by atoms with van der Waals surface area (Å²) in [6.07, 6.45) is -9.53. The van der Waals surface area contributed by atoms with Gasteiger partial charge in [-0.15, -0.1) is 0 Å². The molecule has 1 aromatic rings. The van der Waals surface area contributed by atoms with Gasteiger partial charge >= 0.3 is 18.3 Å². The zero-order valence-electron chi connectivity index (χ0n) is 13.7. The summed E-state index contributed by atoms with van der Waals surface area (Å²) in [6.45, 7) is 2.80. The van der Waals surface area contributed by atoms with E-state index in [1.807, 2.05) is 0 Å². The van der Waals surface area contributed by atoms with Crippen LogP contribution in [0.4, 0.5) is 26.3 Å². The molecule has 0 bridgehead atoms. The van der Waals surface area contributed by atoms with E-state index in [0.29, 0.717) is 6.08 Å². The van der Waals surface area contributed by atoms with E-state index in [9.17, 15) is 36.2 Å². The normalized spacial score (nSPS) is 25.9. The van der Waals surface area contributed by atoms with Crippen LogP contribution in [0.1, 0.15) is 25.0 Å². The zero-order valence-corrected chi connectivity index (χ0v) is 14.4. The van der Waals surface area contributed by atoms with E-state index < -0.39 is 52.1 Å². The number of carboxylic acids is 1. The smallest absolute Gasteiger partial charge is 0.426 e. The van der Waals surface area contributed by atoms with Crippen molar-refractivity contribution in [1.82, 2.24) is 0 Å². The van der Waals surface area contributed by atoms with Crippen LogP contribution in [0.2, 0.25) is 0 Å². The molecular formula is C17H15ClF6O2. The first kappa shape index (κ1) is 20.6. The largest absolute Gasteiger partial charge is 0.481 e. The van der Waals surface area contributed by atoms with Gasteiger partial charge < -0.3 is 5.11 Å². The Morgan fingerprint density at radius 3 is 2.19 bits per heavy atom. The number of rotatable bonds is 4. The summed E-state index contributed by atoms with van der Waals surface area (Å²) >= 11 is 5.22. The summed E-state index contributed by atoms with van der Waals surface area (Å²) in [5, 5.41) is 8.16. The van der Waals surface area contributed by atoms with Crippen LogP contribution in [-0.4, -0.2) is 17.3 Å². The van der Waals surface area contributed by atoms with E-state index in [-0.39, 0.29) is 5.56 Å². The van der Waals surface area contributed by atoms with Crippen molar-refractivity contribution in [2.24, 2.45) is 16.7 Å². The Hall–Kier alpha value is -1.70. The highest BCUT2D eigenvalue weighted by Gasteiger charge is 2.75. The quantitative estimate of drug-likeness (QED) is 0.662. The third-order valence-electron chi connectivity index (χ3n) is 5.13. The van der Waals surface area contributed by atoms with Crippen molar-refractivity contribution >= 4 is 17.6 Å². The zero-order chi connectivity index (χ0) is 20.1. The fourth-order valence-corrected chi connectivity index (χ4v) is 3.69. The molecule has 26 heavy (non-hydrogen) atoms. The van der Waals surface area contributed by atoms with E-state index in [1.54, 1.807) is 0 Å². The SMILES string of the molecule is CC1(C)C(C=C(Cl)C(F)(F)F)C1(Cc1ccccc1C(F)(F)F)C(=O)O. The minimum atomic E-state index is -4.85. The van der Waals surface area contributed by atoms with Gasteiger partial charge in [0.2, 0.25) is 0 Å². The maximum atomic E-state index is 13.2. The van der Waals surface area contributed by atoms with Gasteiger partial charge in [-0.2, -0.15) is 26.3 Å². The lowest BCUT2D eigenvalue weighted by atomic mass is 9.86. The number of halogens is 7. The minimum absolute atomic E-state index is 0.283. The van der Waals surface area contributed by atoms with Crippen LogP contribution >= 0.6 is 11.6 Å². The van der Waals surface area contributed by atoms with Crippen LogP contribution in [0.15, 0.2) is 35.4 Å². The number of alkyl halides is 6. The molecule has 144 valence electrons. The summed E-state index contributed by atoms with van der Waals surface area (Å²) in [4.78, 5) is 11.9. The van der Waals surface area contributed by atoms with Crippen LogP contribution in [0.3, 0.4) is 0 Å². The van der Waals surface area contributed by atoms with E-state index in [2.05, 4.69) is 0 Å². The third kappa shape index (κ3) is 3.31. The Labute approximate surface area is 150 Å². The Balaban J connectivity index is 2.50. The highest BCUT2D eigenvalue weighted by Crippen LogP contribution is 2.71. The van der Waals surface area contributed by atoms with Crippen molar-refractivity contribution in [2.45, 2.75) is 32.6 Å². The maximum absolute atomic E-state index is 13.2. The molecule has 1 aliphatic carbocycles. The third-order valence-corrected chi connectivity index (χ3v) is 5.47. The predicted octanol–water partition coefficient (Wildman–Crippen LogP) is 5.66. The highest BCUT2D eigenvalue weighted by atomic mass is 35.5. The van der Waals surface area contributed by atoms with E-state index in [4.69, 9.17) is 11.6 Å². The van der Waals surface area contributed by atoms with Crippen molar-refractivity contribution < 1.29 is 36.2 Å². The average molecular weight is 401 g/mol. The average Bonchev–Trinajstić information content (AvgIpc) is 2.93. The second-order valence-electron chi connectivity index (χ2n) is 6.82. The summed E-state index contributed by atoms with van der Waals surface area (Å²) in [7, 11) is 0. The number of aliphatic carboxylic acids is 1. The molecule has 2 nitrogen and oxygen atoms in total. The van der Waals surface area contributed by atoms with Gasteiger partial charge in [-0.05, 0) is 23.5 Å². The summed E-state index contributed by atoms with van der Waals surface area (Å²) < 4.78 is 77.6. The fraction of sp³-hybridized carbons (Fsp3) is 0.471. The van der Waals surface area contributed by atoms with Crippen molar-refractivity contribution in [2.75, 3.05) is 0 Å². The molecule has 1 aliphatic rings. The van der Waals surface area contributed by atoms with E-state index >= 15 is 0 Å². The second kappa shape index (κ2) is 6.18. The summed E-state index contributed by atoms with van der Waals surface area (Å²) in [5.74, 6) is -2.63. The van der Waals surface area contributed by atoms with Gasteiger partial charge in [-0.1, -0.05) is 49.7 Å². The molecule has 2 atom stereocenters. The van der Waals surface area contributed by atoms with Crippen molar-refractivity contribution in [3.05, 3.63) is 46.5 Å². The monoisotopic (exact) mass is 400 g/mol. The number of allylic oxidation sites excluding steroid dienone is 2. The lowest BCUT2D eigenvalue weighted by Crippen LogP contribution is -2.26. The minimum Gasteiger partial charge on any atom is -0.481 e. The van der Waals surface area contributed by atoms with Crippen LogP contribution < -0.4 is 0 Å². The van der Waals surface area contributed by atoms with Crippen LogP contribution in [-0.2, 0) is 17.4 Å². The topological polar surface area (TPSA) is 37.3 Å². The fourth-order valence-electron chi connectivity index (χ4n) is 3.56. The van der Waals surface area contributed by atoms with E-state index in [1.165, 1.54) is 19.9 Å². The van der Waals surface area contributed by atoms with Gasteiger partial charge in [0.25, 0.3) is 0 Å². The first-order chi connectivity index (χ1) is 11.7. The van der Waals surface area contributed by atoms with Gasteiger partial charge in [-0.3, -0.25) is 4.79 Å². The second-order valence-corrected chi connectivity index (χ2v) is 7.23. The predicted molar refractivity (Wildman–Crippen MR) is 82.5 cm³/mol. The molecule has 0 radical (unpaired) electrons.